The number of para-hydroxylation sites is 1. The fourth-order valence-corrected chi connectivity index (χ4v) is 5.10. The number of methoxy groups -OCH3 is 1. The summed E-state index contributed by atoms with van der Waals surface area (Å²) in [4.78, 5) is 29.6. The number of ether oxygens (including phenoxy) is 1. The zero-order valence-corrected chi connectivity index (χ0v) is 21.8. The van der Waals surface area contributed by atoms with Gasteiger partial charge in [-0.3, -0.25) is 9.59 Å². The number of hydrogen-bond acceptors (Lipinski definition) is 5. The summed E-state index contributed by atoms with van der Waals surface area (Å²) < 4.78 is 7.06. The van der Waals surface area contributed by atoms with Gasteiger partial charge in [0, 0.05) is 12.6 Å². The molecule has 1 fully saturated rings. The molecular weight excluding hydrogens is 478 g/mol. The zero-order valence-electron chi connectivity index (χ0n) is 21.8. The second kappa shape index (κ2) is 11.5. The molecule has 1 unspecified atom stereocenters. The van der Waals surface area contributed by atoms with Gasteiger partial charge in [-0.05, 0) is 55.2 Å². The van der Waals surface area contributed by atoms with Gasteiger partial charge in [0.2, 0.25) is 11.8 Å². The molecular formula is C30H33N5O3. The third-order valence-electron chi connectivity index (χ3n) is 7.17. The lowest BCUT2D eigenvalue weighted by molar-refractivity contribution is -0.142. The number of benzene rings is 3. The van der Waals surface area contributed by atoms with E-state index in [2.05, 4.69) is 15.6 Å². The van der Waals surface area contributed by atoms with E-state index in [4.69, 9.17) is 4.74 Å². The van der Waals surface area contributed by atoms with E-state index in [1.165, 1.54) is 0 Å². The van der Waals surface area contributed by atoms with Crippen LogP contribution in [0.15, 0.2) is 72.8 Å². The molecule has 0 bridgehead atoms. The maximum Gasteiger partial charge on any atom is 0.247 e. The molecule has 8 nitrogen and oxygen atoms in total. The Balaban J connectivity index is 1.54. The highest BCUT2D eigenvalue weighted by molar-refractivity contribution is 5.89. The van der Waals surface area contributed by atoms with Crippen LogP contribution in [0.1, 0.15) is 48.4 Å². The fourth-order valence-electron chi connectivity index (χ4n) is 5.10. The third kappa shape index (κ3) is 5.69. The van der Waals surface area contributed by atoms with Crippen molar-refractivity contribution in [2.45, 2.75) is 57.8 Å². The lowest BCUT2D eigenvalue weighted by atomic mass is 10.0. The van der Waals surface area contributed by atoms with Gasteiger partial charge in [-0.25, -0.2) is 4.68 Å². The van der Waals surface area contributed by atoms with E-state index in [9.17, 15) is 9.59 Å². The van der Waals surface area contributed by atoms with Crippen LogP contribution >= 0.6 is 0 Å². The van der Waals surface area contributed by atoms with E-state index < -0.39 is 6.04 Å². The molecule has 38 heavy (non-hydrogen) atoms. The van der Waals surface area contributed by atoms with Crippen molar-refractivity contribution in [3.05, 3.63) is 89.5 Å². The van der Waals surface area contributed by atoms with Crippen LogP contribution in [0.5, 0.6) is 5.75 Å². The summed E-state index contributed by atoms with van der Waals surface area (Å²) in [6, 6.07) is 22.2. The molecule has 0 spiro atoms. The Bertz CT molecular complexity index is 1410. The first kappa shape index (κ1) is 25.4. The first-order chi connectivity index (χ1) is 18.5. The van der Waals surface area contributed by atoms with Crippen LogP contribution in [-0.2, 0) is 22.7 Å². The Hall–Kier alpha value is -4.20. The largest absolute Gasteiger partial charge is 0.497 e. The number of nitrogens with zero attached hydrogens (tertiary/aromatic N) is 4. The Labute approximate surface area is 222 Å². The van der Waals surface area contributed by atoms with Crippen molar-refractivity contribution in [1.82, 2.24) is 25.2 Å². The van der Waals surface area contributed by atoms with Gasteiger partial charge in [-0.2, -0.15) is 0 Å². The van der Waals surface area contributed by atoms with Gasteiger partial charge in [0.05, 0.1) is 12.6 Å². The van der Waals surface area contributed by atoms with Gasteiger partial charge >= 0.3 is 0 Å². The normalized spacial score (nSPS) is 14.4. The second-order valence-electron chi connectivity index (χ2n) is 9.91. The molecule has 0 aliphatic heterocycles. The predicted molar refractivity (Wildman–Crippen MR) is 145 cm³/mol. The summed E-state index contributed by atoms with van der Waals surface area (Å²) in [6.45, 7) is 2.26. The molecule has 4 aromatic rings. The number of rotatable bonds is 9. The molecule has 3 aromatic carbocycles. The predicted octanol–water partition coefficient (Wildman–Crippen LogP) is 4.58. The smallest absolute Gasteiger partial charge is 0.247 e. The summed E-state index contributed by atoms with van der Waals surface area (Å²) in [5.41, 5.74) is 4.25. The Kier molecular flexibility index (Phi) is 7.67. The van der Waals surface area contributed by atoms with Crippen LogP contribution in [0, 0.1) is 6.92 Å². The van der Waals surface area contributed by atoms with Gasteiger partial charge in [0.1, 0.15) is 23.9 Å². The van der Waals surface area contributed by atoms with Gasteiger partial charge in [-0.15, -0.1) is 5.10 Å². The van der Waals surface area contributed by atoms with E-state index in [-0.39, 0.29) is 30.9 Å². The quantitative estimate of drug-likeness (QED) is 0.355. The molecule has 0 saturated heterocycles. The summed E-state index contributed by atoms with van der Waals surface area (Å²) in [5.74, 6) is 0.218. The van der Waals surface area contributed by atoms with Crippen molar-refractivity contribution in [2.75, 3.05) is 7.11 Å². The van der Waals surface area contributed by atoms with Gasteiger partial charge in [0.15, 0.2) is 0 Å². The topological polar surface area (TPSA) is 89.4 Å². The molecule has 1 aromatic heterocycles. The number of aryl methyl sites for hydroxylation is 1. The maximum absolute atomic E-state index is 14.1. The number of amides is 2. The van der Waals surface area contributed by atoms with Crippen molar-refractivity contribution >= 4 is 22.8 Å². The Morgan fingerprint density at radius 3 is 2.58 bits per heavy atom. The van der Waals surface area contributed by atoms with E-state index in [1.807, 2.05) is 79.7 Å². The third-order valence-corrected chi connectivity index (χ3v) is 7.17. The van der Waals surface area contributed by atoms with Gasteiger partial charge in [0.25, 0.3) is 0 Å². The Morgan fingerprint density at radius 1 is 1.05 bits per heavy atom. The molecule has 1 aliphatic carbocycles. The molecule has 1 atom stereocenters. The number of aromatic nitrogens is 3. The standard InChI is InChI=1S/C30H33N5O3/c1-21-14-16-22(17-15-21)19-34(28(36)20-35-27-13-6-5-12-26(27)32-33-35)29(23-8-7-11-25(18-23)38-2)30(37)31-24-9-3-4-10-24/h5-8,11-18,24,29H,3-4,9-10,19-20H2,1-2H3,(H,31,37). The van der Waals surface area contributed by atoms with Crippen molar-refractivity contribution in [1.29, 1.82) is 0 Å². The van der Waals surface area contributed by atoms with Crippen molar-refractivity contribution in [2.24, 2.45) is 0 Å². The number of carbonyl (C=O) groups excluding carboxylic acids is 2. The molecule has 0 radical (unpaired) electrons. The average Bonchev–Trinajstić information content (AvgIpc) is 3.60. The molecule has 196 valence electrons. The second-order valence-corrected chi connectivity index (χ2v) is 9.91. The molecule has 5 rings (SSSR count). The van der Waals surface area contributed by atoms with Gasteiger partial charge < -0.3 is 15.0 Å². The van der Waals surface area contributed by atoms with Crippen LogP contribution in [-0.4, -0.2) is 44.9 Å². The summed E-state index contributed by atoms with van der Waals surface area (Å²) in [7, 11) is 1.60. The number of nitrogens with one attached hydrogen (secondary N) is 1. The highest BCUT2D eigenvalue weighted by Gasteiger charge is 2.34. The Morgan fingerprint density at radius 2 is 1.82 bits per heavy atom. The highest BCUT2D eigenvalue weighted by atomic mass is 16.5. The van der Waals surface area contributed by atoms with Crippen LogP contribution in [0.3, 0.4) is 0 Å². The molecule has 8 heteroatoms. The number of fused-ring (bicyclic) bond motifs is 1. The summed E-state index contributed by atoms with van der Waals surface area (Å²) in [5, 5.41) is 11.6. The molecule has 1 saturated carbocycles. The molecule has 1 aliphatic rings. The molecule has 2 amide bonds. The number of carbonyl (C=O) groups is 2. The van der Waals surface area contributed by atoms with E-state index in [0.717, 1.165) is 42.3 Å². The van der Waals surface area contributed by atoms with E-state index >= 15 is 0 Å². The van der Waals surface area contributed by atoms with Crippen LogP contribution < -0.4 is 10.1 Å². The summed E-state index contributed by atoms with van der Waals surface area (Å²) >= 11 is 0. The fraction of sp³-hybridized carbons (Fsp3) is 0.333. The first-order valence-electron chi connectivity index (χ1n) is 13.1. The van der Waals surface area contributed by atoms with Crippen LogP contribution in [0.2, 0.25) is 0 Å². The summed E-state index contributed by atoms with van der Waals surface area (Å²) in [6.07, 6.45) is 4.10. The van der Waals surface area contributed by atoms with Crippen molar-refractivity contribution in [3.8, 4) is 5.75 Å². The molecule has 1 heterocycles. The molecule has 1 N–H and O–H groups in total. The minimum Gasteiger partial charge on any atom is -0.497 e. The average molecular weight is 512 g/mol. The van der Waals surface area contributed by atoms with Crippen LogP contribution in [0.25, 0.3) is 11.0 Å². The van der Waals surface area contributed by atoms with E-state index in [0.29, 0.717) is 16.8 Å². The minimum atomic E-state index is -0.839. The lowest BCUT2D eigenvalue weighted by Crippen LogP contribution is -2.46. The zero-order chi connectivity index (χ0) is 26.5. The first-order valence-corrected chi connectivity index (χ1v) is 13.1. The highest BCUT2D eigenvalue weighted by Crippen LogP contribution is 2.29. The minimum absolute atomic E-state index is 0.0381. The van der Waals surface area contributed by atoms with E-state index in [1.54, 1.807) is 16.7 Å². The monoisotopic (exact) mass is 511 g/mol. The van der Waals surface area contributed by atoms with Crippen LogP contribution in [0.4, 0.5) is 0 Å². The maximum atomic E-state index is 14.1. The lowest BCUT2D eigenvalue weighted by Gasteiger charge is -2.32. The number of hydrogen-bond donors (Lipinski definition) is 1. The SMILES string of the molecule is COc1cccc(C(C(=O)NC2CCCC2)N(Cc2ccc(C)cc2)C(=O)Cn2nnc3ccccc32)c1. The van der Waals surface area contributed by atoms with Gasteiger partial charge in [-0.1, -0.05) is 72.1 Å². The van der Waals surface area contributed by atoms with Crippen molar-refractivity contribution in [3.63, 3.8) is 0 Å². The van der Waals surface area contributed by atoms with Crippen molar-refractivity contribution < 1.29 is 14.3 Å².